The monoisotopic (exact) mass is 605 g/mol. The minimum Gasteiger partial charge on any atom is -0.444 e. The van der Waals surface area contributed by atoms with Crippen LogP contribution in [0.4, 0.5) is 4.79 Å². The van der Waals surface area contributed by atoms with Crippen LogP contribution in [0.3, 0.4) is 0 Å². The smallest absolute Gasteiger partial charge is 0.410 e. The standard InChI is InChI=1S/C32H51NO8Si/c1-30(2,3)40-29(34)33-17-21(41-42(9,10)31(4,5)6)16-22(33)25-24-26(39-32(7,8)38-25)23-19-36-28(37-23)27(24)35-18-20-14-12-11-13-15-20/h11-15,21-28H,16-19H2,1-10H3/t21-,22+,23-,24+,25+,26-,27-,28-/m1/s1. The molecule has 2 bridgehead atoms. The predicted octanol–water partition coefficient (Wildman–Crippen LogP) is 5.86. The number of nitrogens with zero attached hydrogens (tertiary/aromatic N) is 1. The van der Waals surface area contributed by atoms with Gasteiger partial charge in [0.15, 0.2) is 20.4 Å². The van der Waals surface area contributed by atoms with Crippen LogP contribution in [-0.4, -0.2) is 86.7 Å². The largest absolute Gasteiger partial charge is 0.444 e. The average molecular weight is 606 g/mol. The highest BCUT2D eigenvalue weighted by molar-refractivity contribution is 6.74. The Kier molecular flexibility index (Phi) is 8.68. The SMILES string of the molecule is CC(C)(C)OC(=O)N1C[C@H](O[Si](C)(C)C(C)(C)C)C[C@H]1[C@@H]1OC(C)(C)O[C@H]2[C@H]1[C@@H](OCc1ccccc1)[C@@H]1OC[C@H]2O1. The number of rotatable bonds is 6. The number of hydrogen-bond donors (Lipinski definition) is 0. The lowest BCUT2D eigenvalue weighted by Gasteiger charge is -2.53. The lowest BCUT2D eigenvalue weighted by molar-refractivity contribution is -0.375. The van der Waals surface area contributed by atoms with Gasteiger partial charge in [-0.05, 0) is 64.7 Å². The summed E-state index contributed by atoms with van der Waals surface area (Å²) in [6.07, 6.45) is -1.80. The number of ether oxygens (including phenoxy) is 6. The summed E-state index contributed by atoms with van der Waals surface area (Å²) in [4.78, 5) is 15.6. The van der Waals surface area contributed by atoms with E-state index in [1.54, 1.807) is 0 Å². The molecule has 0 N–H and O–H groups in total. The molecule has 4 fully saturated rings. The number of fused-ring (bicyclic) bond motifs is 4. The second kappa shape index (κ2) is 11.4. The zero-order chi connectivity index (χ0) is 30.7. The van der Waals surface area contributed by atoms with Gasteiger partial charge in [0.2, 0.25) is 0 Å². The van der Waals surface area contributed by atoms with E-state index in [0.717, 1.165) is 5.56 Å². The van der Waals surface area contributed by atoms with Crippen molar-refractivity contribution in [2.75, 3.05) is 13.2 Å². The number of carbonyl (C=O) groups is 1. The molecule has 9 nitrogen and oxygen atoms in total. The van der Waals surface area contributed by atoms with Gasteiger partial charge in [-0.2, -0.15) is 0 Å². The number of likely N-dealkylation sites (tertiary alicyclic amines) is 1. The molecule has 236 valence electrons. The fraction of sp³-hybridized carbons (Fsp3) is 0.781. The molecule has 1 aromatic carbocycles. The molecule has 4 saturated heterocycles. The van der Waals surface area contributed by atoms with Crippen molar-refractivity contribution >= 4 is 14.4 Å². The quantitative estimate of drug-likeness (QED) is 0.373. The molecule has 4 aliphatic heterocycles. The molecule has 5 rings (SSSR count). The van der Waals surface area contributed by atoms with Crippen molar-refractivity contribution in [3.05, 3.63) is 35.9 Å². The van der Waals surface area contributed by atoms with Crippen LogP contribution in [0, 0.1) is 5.92 Å². The van der Waals surface area contributed by atoms with E-state index in [1.165, 1.54) is 0 Å². The summed E-state index contributed by atoms with van der Waals surface area (Å²) in [7, 11) is -2.11. The van der Waals surface area contributed by atoms with Gasteiger partial charge in [-0.3, -0.25) is 4.90 Å². The Bertz CT molecular complexity index is 1100. The van der Waals surface area contributed by atoms with Gasteiger partial charge < -0.3 is 32.8 Å². The van der Waals surface area contributed by atoms with Crippen molar-refractivity contribution < 1.29 is 37.6 Å². The summed E-state index contributed by atoms with van der Waals surface area (Å²) in [6, 6.07) is 9.77. The van der Waals surface area contributed by atoms with Crippen LogP contribution in [0.2, 0.25) is 18.1 Å². The number of carbonyl (C=O) groups excluding carboxylic acids is 1. The molecule has 42 heavy (non-hydrogen) atoms. The number of benzene rings is 1. The molecule has 0 aromatic heterocycles. The molecule has 0 aliphatic carbocycles. The third-order valence-corrected chi connectivity index (χ3v) is 13.7. The maximum atomic E-state index is 13.8. The summed E-state index contributed by atoms with van der Waals surface area (Å²) < 4.78 is 45.1. The van der Waals surface area contributed by atoms with Crippen LogP contribution >= 0.6 is 0 Å². The normalized spacial score (nSPS) is 34.8. The molecular weight excluding hydrogens is 554 g/mol. The van der Waals surface area contributed by atoms with Gasteiger partial charge in [0.05, 0.1) is 37.6 Å². The second-order valence-corrected chi connectivity index (χ2v) is 20.0. The van der Waals surface area contributed by atoms with E-state index in [0.29, 0.717) is 26.2 Å². The maximum absolute atomic E-state index is 13.8. The van der Waals surface area contributed by atoms with Crippen molar-refractivity contribution in [1.82, 2.24) is 4.90 Å². The minimum absolute atomic E-state index is 0.0394. The van der Waals surface area contributed by atoms with Gasteiger partial charge in [-0.1, -0.05) is 51.1 Å². The van der Waals surface area contributed by atoms with E-state index < -0.39 is 38.2 Å². The van der Waals surface area contributed by atoms with Crippen molar-refractivity contribution in [3.8, 4) is 0 Å². The summed E-state index contributed by atoms with van der Waals surface area (Å²) in [5.41, 5.74) is 0.425. The molecule has 0 saturated carbocycles. The summed E-state index contributed by atoms with van der Waals surface area (Å²) in [5, 5.41) is 0.0394. The Hall–Kier alpha value is -1.53. The second-order valence-electron chi connectivity index (χ2n) is 15.2. The van der Waals surface area contributed by atoms with Gasteiger partial charge in [-0.25, -0.2) is 4.79 Å². The number of amides is 1. The third-order valence-electron chi connectivity index (χ3n) is 9.21. The zero-order valence-electron chi connectivity index (χ0n) is 27.0. The topological polar surface area (TPSA) is 84.9 Å². The molecule has 0 spiro atoms. The lowest BCUT2D eigenvalue weighted by atomic mass is 9.80. The Morgan fingerprint density at radius 2 is 1.71 bits per heavy atom. The minimum atomic E-state index is -2.11. The van der Waals surface area contributed by atoms with Gasteiger partial charge in [-0.15, -0.1) is 0 Å². The highest BCUT2D eigenvalue weighted by Gasteiger charge is 2.62. The van der Waals surface area contributed by atoms with Crippen LogP contribution in [0.15, 0.2) is 30.3 Å². The fourth-order valence-corrected chi connectivity index (χ4v) is 7.69. The van der Waals surface area contributed by atoms with Crippen LogP contribution < -0.4 is 0 Å². The molecule has 4 aliphatic rings. The molecule has 0 radical (unpaired) electrons. The molecule has 4 heterocycles. The van der Waals surface area contributed by atoms with Crippen LogP contribution in [0.1, 0.15) is 67.4 Å². The molecule has 10 heteroatoms. The Labute approximate surface area is 252 Å². The first kappa shape index (κ1) is 31.9. The summed E-state index contributed by atoms with van der Waals surface area (Å²) >= 11 is 0. The third kappa shape index (κ3) is 6.75. The maximum Gasteiger partial charge on any atom is 0.410 e. The van der Waals surface area contributed by atoms with E-state index in [9.17, 15) is 4.79 Å². The summed E-state index contributed by atoms with van der Waals surface area (Å²) in [6.45, 7) is 22.0. The summed E-state index contributed by atoms with van der Waals surface area (Å²) in [5.74, 6) is -1.12. The van der Waals surface area contributed by atoms with Gasteiger partial charge in [0.25, 0.3) is 0 Å². The molecule has 0 unspecified atom stereocenters. The Morgan fingerprint density at radius 1 is 1.05 bits per heavy atom. The van der Waals surface area contributed by atoms with Crippen LogP contribution in [-0.2, 0) is 39.5 Å². The van der Waals surface area contributed by atoms with Crippen molar-refractivity contribution in [2.24, 2.45) is 5.92 Å². The van der Waals surface area contributed by atoms with E-state index in [1.807, 2.05) is 69.9 Å². The highest BCUT2D eigenvalue weighted by Crippen LogP contribution is 2.48. The van der Waals surface area contributed by atoms with Gasteiger partial charge >= 0.3 is 6.09 Å². The zero-order valence-corrected chi connectivity index (χ0v) is 28.0. The van der Waals surface area contributed by atoms with Gasteiger partial charge in [0, 0.05) is 12.5 Å². The highest BCUT2D eigenvalue weighted by atomic mass is 28.4. The average Bonchev–Trinajstić information content (AvgIpc) is 3.48. The van der Waals surface area contributed by atoms with E-state index in [2.05, 4.69) is 33.9 Å². The molecule has 1 amide bonds. The van der Waals surface area contributed by atoms with E-state index in [4.69, 9.17) is 32.8 Å². The molecular formula is C32H51NO8Si. The lowest BCUT2D eigenvalue weighted by Crippen LogP contribution is -2.67. The van der Waals surface area contributed by atoms with Crippen LogP contribution in [0.25, 0.3) is 0 Å². The Balaban J connectivity index is 1.48. The van der Waals surface area contributed by atoms with Crippen molar-refractivity contribution in [2.45, 2.75) is 141 Å². The molecule has 1 aromatic rings. The first-order chi connectivity index (χ1) is 19.4. The molecule has 8 atom stereocenters. The van der Waals surface area contributed by atoms with Crippen molar-refractivity contribution in [1.29, 1.82) is 0 Å². The van der Waals surface area contributed by atoms with E-state index in [-0.39, 0.29) is 41.4 Å². The van der Waals surface area contributed by atoms with E-state index >= 15 is 0 Å². The Morgan fingerprint density at radius 3 is 2.36 bits per heavy atom. The fourth-order valence-electron chi connectivity index (χ4n) is 6.33. The predicted molar refractivity (Wildman–Crippen MR) is 160 cm³/mol. The number of hydrogen-bond acceptors (Lipinski definition) is 8. The van der Waals surface area contributed by atoms with Crippen LogP contribution in [0.5, 0.6) is 0 Å². The first-order valence-electron chi connectivity index (χ1n) is 15.4. The first-order valence-corrected chi connectivity index (χ1v) is 18.3. The van der Waals surface area contributed by atoms with Gasteiger partial charge in [0.1, 0.15) is 17.8 Å². The van der Waals surface area contributed by atoms with Crippen molar-refractivity contribution in [3.63, 3.8) is 0 Å².